The van der Waals surface area contributed by atoms with Gasteiger partial charge in [0, 0.05) is 25.0 Å². The van der Waals surface area contributed by atoms with Crippen LogP contribution in [0.15, 0.2) is 18.2 Å². The van der Waals surface area contributed by atoms with Crippen molar-refractivity contribution in [3.05, 3.63) is 28.8 Å². The number of carbonyl (C=O) groups excluding carboxylic acids is 2. The molecule has 4 fully saturated rings. The number of benzene rings is 1. The van der Waals surface area contributed by atoms with Crippen molar-refractivity contribution in [2.75, 3.05) is 13.7 Å². The standard InChI is InChI=1S/C24H30ClNO6/c1-31-12-13-9-17-21(23(29)26(22(17)28)14-5-3-2-4-6-14)18-11-20(32-24(13,18)30)16-8-7-15(27)10-19(16)25/h7-8,10,13-14,17-18,20-21,27,30H,2-6,9,11-12H2,1H3/t13-,17+,18+,20+,21+,24-/m1/s1. The van der Waals surface area contributed by atoms with Crippen LogP contribution in [0.5, 0.6) is 5.75 Å². The molecule has 8 heteroatoms. The normalized spacial score (nSPS) is 37.6. The molecule has 4 aliphatic rings. The molecule has 0 unspecified atom stereocenters. The van der Waals surface area contributed by atoms with Crippen molar-refractivity contribution >= 4 is 23.4 Å². The number of imide groups is 1. The fraction of sp³-hybridized carbons (Fsp3) is 0.667. The summed E-state index contributed by atoms with van der Waals surface area (Å²) in [5.74, 6) is -3.79. The lowest BCUT2D eigenvalue weighted by Gasteiger charge is -2.44. The Bertz CT molecular complexity index is 918. The molecule has 7 nitrogen and oxygen atoms in total. The van der Waals surface area contributed by atoms with E-state index in [0.717, 1.165) is 32.1 Å². The number of hydrogen-bond donors (Lipinski definition) is 2. The quantitative estimate of drug-likeness (QED) is 0.664. The summed E-state index contributed by atoms with van der Waals surface area (Å²) >= 11 is 6.36. The average Bonchev–Trinajstić information content (AvgIpc) is 3.23. The van der Waals surface area contributed by atoms with Crippen LogP contribution in [0.4, 0.5) is 0 Å². The third-order valence-corrected chi connectivity index (χ3v) is 8.36. The minimum atomic E-state index is -1.58. The maximum absolute atomic E-state index is 13.6. The molecule has 2 amide bonds. The van der Waals surface area contributed by atoms with Crippen LogP contribution in [0.25, 0.3) is 0 Å². The second kappa shape index (κ2) is 8.28. The predicted octanol–water partition coefficient (Wildman–Crippen LogP) is 3.41. The molecule has 2 N–H and O–H groups in total. The van der Waals surface area contributed by atoms with Crippen molar-refractivity contribution in [3.8, 4) is 5.75 Å². The fourth-order valence-electron chi connectivity index (χ4n) is 6.57. The molecule has 5 rings (SSSR count). The molecule has 1 aromatic carbocycles. The zero-order chi connectivity index (χ0) is 22.6. The van der Waals surface area contributed by atoms with Crippen LogP contribution in [0.1, 0.15) is 56.6 Å². The van der Waals surface area contributed by atoms with Gasteiger partial charge in [-0.15, -0.1) is 0 Å². The molecule has 2 aliphatic heterocycles. The Hall–Kier alpha value is -1.67. The number of halogens is 1. The number of ether oxygens (including phenoxy) is 2. The van der Waals surface area contributed by atoms with Crippen molar-refractivity contribution in [1.29, 1.82) is 0 Å². The maximum Gasteiger partial charge on any atom is 0.233 e. The van der Waals surface area contributed by atoms with Crippen molar-refractivity contribution < 1.29 is 29.3 Å². The zero-order valence-corrected chi connectivity index (χ0v) is 19.0. The number of aliphatic hydroxyl groups is 1. The maximum atomic E-state index is 13.6. The van der Waals surface area contributed by atoms with Crippen molar-refractivity contribution in [2.45, 2.75) is 62.9 Å². The second-order valence-electron chi connectivity index (χ2n) is 9.76. The SMILES string of the molecule is COC[C@H]1C[C@@H]2C(=O)N(C3CCCCC3)C(=O)[C@@H]2[C@@H]2C[C@@H](c3ccc(O)cc3Cl)O[C@]12O. The lowest BCUT2D eigenvalue weighted by molar-refractivity contribution is -0.275. The van der Waals surface area contributed by atoms with Crippen molar-refractivity contribution in [3.63, 3.8) is 0 Å². The largest absolute Gasteiger partial charge is 0.508 e. The Morgan fingerprint density at radius 2 is 1.94 bits per heavy atom. The van der Waals surface area contributed by atoms with Crippen LogP contribution >= 0.6 is 11.6 Å². The van der Waals surface area contributed by atoms with Crippen LogP contribution in [-0.4, -0.2) is 52.5 Å². The van der Waals surface area contributed by atoms with Gasteiger partial charge in [-0.3, -0.25) is 14.5 Å². The van der Waals surface area contributed by atoms with Gasteiger partial charge in [0.15, 0.2) is 5.79 Å². The van der Waals surface area contributed by atoms with Gasteiger partial charge in [-0.1, -0.05) is 36.9 Å². The number of aromatic hydroxyl groups is 1. The van der Waals surface area contributed by atoms with Gasteiger partial charge in [0.25, 0.3) is 0 Å². The van der Waals surface area contributed by atoms with Gasteiger partial charge in [-0.05, 0) is 43.4 Å². The van der Waals surface area contributed by atoms with Crippen LogP contribution in [0, 0.1) is 23.7 Å². The van der Waals surface area contributed by atoms with E-state index in [4.69, 9.17) is 21.1 Å². The molecule has 0 radical (unpaired) electrons. The number of rotatable bonds is 4. The summed E-state index contributed by atoms with van der Waals surface area (Å²) in [5.41, 5.74) is 0.654. The van der Waals surface area contributed by atoms with E-state index in [-0.39, 0.29) is 30.2 Å². The Morgan fingerprint density at radius 3 is 2.62 bits per heavy atom. The number of phenols is 1. The van der Waals surface area contributed by atoms with Gasteiger partial charge >= 0.3 is 0 Å². The number of likely N-dealkylation sites (tertiary alicyclic amines) is 1. The summed E-state index contributed by atoms with van der Waals surface area (Å²) in [4.78, 5) is 28.5. The summed E-state index contributed by atoms with van der Waals surface area (Å²) in [6.07, 6.45) is 5.10. The average molecular weight is 464 g/mol. The monoisotopic (exact) mass is 463 g/mol. The van der Waals surface area contributed by atoms with Crippen LogP contribution in [0.2, 0.25) is 5.02 Å². The molecule has 6 atom stereocenters. The molecule has 2 saturated heterocycles. The van der Waals surface area contributed by atoms with Crippen molar-refractivity contribution in [1.82, 2.24) is 4.90 Å². The van der Waals surface area contributed by atoms with Crippen LogP contribution in [0.3, 0.4) is 0 Å². The number of nitrogens with zero attached hydrogens (tertiary/aromatic N) is 1. The first-order chi connectivity index (χ1) is 15.3. The molecular weight excluding hydrogens is 434 g/mol. The molecule has 32 heavy (non-hydrogen) atoms. The smallest absolute Gasteiger partial charge is 0.233 e. The van der Waals surface area contributed by atoms with Gasteiger partial charge in [-0.2, -0.15) is 0 Å². The van der Waals surface area contributed by atoms with E-state index in [1.165, 1.54) is 17.0 Å². The van der Waals surface area contributed by atoms with Gasteiger partial charge in [0.05, 0.1) is 29.6 Å². The minimum Gasteiger partial charge on any atom is -0.508 e. The minimum absolute atomic E-state index is 0.0343. The van der Waals surface area contributed by atoms with Gasteiger partial charge in [0.2, 0.25) is 11.8 Å². The molecular formula is C24H30ClNO6. The molecule has 2 heterocycles. The Labute approximate surface area is 192 Å². The van der Waals surface area contributed by atoms with E-state index in [2.05, 4.69) is 0 Å². The highest BCUT2D eigenvalue weighted by molar-refractivity contribution is 6.31. The molecule has 0 spiro atoms. The summed E-state index contributed by atoms with van der Waals surface area (Å²) in [5, 5.41) is 21.8. The summed E-state index contributed by atoms with van der Waals surface area (Å²) < 4.78 is 11.6. The van der Waals surface area contributed by atoms with E-state index in [0.29, 0.717) is 23.4 Å². The lowest BCUT2D eigenvalue weighted by Crippen LogP contribution is -2.54. The molecule has 0 aromatic heterocycles. The number of amides is 2. The predicted molar refractivity (Wildman–Crippen MR) is 116 cm³/mol. The number of hydrogen-bond acceptors (Lipinski definition) is 6. The molecule has 174 valence electrons. The van der Waals surface area contributed by atoms with E-state index in [1.54, 1.807) is 13.2 Å². The second-order valence-corrected chi connectivity index (χ2v) is 10.2. The van der Waals surface area contributed by atoms with E-state index in [1.807, 2.05) is 0 Å². The molecule has 2 saturated carbocycles. The molecule has 0 bridgehead atoms. The number of methoxy groups -OCH3 is 1. The van der Waals surface area contributed by atoms with Crippen LogP contribution < -0.4 is 0 Å². The Kier molecular flexibility index (Phi) is 5.73. The van der Waals surface area contributed by atoms with Crippen molar-refractivity contribution in [2.24, 2.45) is 23.7 Å². The highest BCUT2D eigenvalue weighted by atomic mass is 35.5. The Morgan fingerprint density at radius 1 is 1.19 bits per heavy atom. The van der Waals surface area contributed by atoms with Gasteiger partial charge in [0.1, 0.15) is 5.75 Å². The molecule has 2 aliphatic carbocycles. The third kappa shape index (κ3) is 3.36. The van der Waals surface area contributed by atoms with E-state index in [9.17, 15) is 19.8 Å². The summed E-state index contributed by atoms with van der Waals surface area (Å²) in [6, 6.07) is 4.62. The summed E-state index contributed by atoms with van der Waals surface area (Å²) in [7, 11) is 1.56. The first-order valence-corrected chi connectivity index (χ1v) is 12.0. The number of fused-ring (bicyclic) bond motifs is 3. The fourth-order valence-corrected chi connectivity index (χ4v) is 6.87. The highest BCUT2D eigenvalue weighted by Crippen LogP contribution is 2.59. The topological polar surface area (TPSA) is 96.3 Å². The molecule has 1 aromatic rings. The number of carbonyl (C=O) groups is 2. The summed E-state index contributed by atoms with van der Waals surface area (Å²) in [6.45, 7) is 0.233. The lowest BCUT2D eigenvalue weighted by atomic mass is 9.64. The Balaban J connectivity index is 1.49. The van der Waals surface area contributed by atoms with E-state index < -0.39 is 35.6 Å². The number of phenolic OH excluding ortho intramolecular Hbond substituents is 1. The van der Waals surface area contributed by atoms with Gasteiger partial charge in [-0.25, -0.2) is 0 Å². The first-order valence-electron chi connectivity index (χ1n) is 11.6. The van der Waals surface area contributed by atoms with Crippen LogP contribution in [-0.2, 0) is 19.1 Å². The van der Waals surface area contributed by atoms with E-state index >= 15 is 0 Å². The van der Waals surface area contributed by atoms with Gasteiger partial charge < -0.3 is 19.7 Å². The highest BCUT2D eigenvalue weighted by Gasteiger charge is 2.67. The zero-order valence-electron chi connectivity index (χ0n) is 18.2. The first kappa shape index (κ1) is 22.1. The third-order valence-electron chi connectivity index (χ3n) is 8.04.